The van der Waals surface area contributed by atoms with Gasteiger partial charge >= 0.3 is 0 Å². The topological polar surface area (TPSA) is 12.0 Å². The van der Waals surface area contributed by atoms with E-state index < -0.39 is 0 Å². The van der Waals surface area contributed by atoms with E-state index in [4.69, 9.17) is 0 Å². The molecule has 0 aliphatic rings. The molecule has 0 spiro atoms. The normalized spacial score (nSPS) is 13.8. The summed E-state index contributed by atoms with van der Waals surface area (Å²) in [6.45, 7) is 9.37. The molecule has 0 saturated heterocycles. The van der Waals surface area contributed by atoms with E-state index in [2.05, 4.69) is 33.0 Å². The maximum absolute atomic E-state index is 13.4. The van der Waals surface area contributed by atoms with Crippen molar-refractivity contribution in [2.75, 3.05) is 0 Å². The number of hydrogen-bond acceptors (Lipinski definition) is 1. The molecule has 1 aromatic rings. The smallest absolute Gasteiger partial charge is 0.127 e. The van der Waals surface area contributed by atoms with Gasteiger partial charge in [-0.2, -0.15) is 0 Å². The van der Waals surface area contributed by atoms with Crippen LogP contribution in [-0.4, -0.2) is 6.04 Å². The average Bonchev–Trinajstić information content (AvgIpc) is 2.19. The summed E-state index contributed by atoms with van der Waals surface area (Å²) in [5, 5.41) is 3.43. The highest BCUT2D eigenvalue weighted by atomic mass is 19.1. The van der Waals surface area contributed by atoms with Crippen LogP contribution >= 0.6 is 0 Å². The van der Waals surface area contributed by atoms with Gasteiger partial charge in [-0.15, -0.1) is 0 Å². The van der Waals surface area contributed by atoms with E-state index in [1.54, 1.807) is 6.07 Å². The lowest BCUT2D eigenvalue weighted by Crippen LogP contribution is -2.39. The van der Waals surface area contributed by atoms with Crippen LogP contribution in [0.5, 0.6) is 0 Å². The van der Waals surface area contributed by atoms with Crippen LogP contribution in [0.3, 0.4) is 0 Å². The van der Waals surface area contributed by atoms with Gasteiger partial charge in [-0.3, -0.25) is 0 Å². The first kappa shape index (κ1) is 13.2. The maximum atomic E-state index is 13.4. The molecule has 1 unspecified atom stereocenters. The molecule has 0 saturated carbocycles. The third kappa shape index (κ3) is 3.60. The van der Waals surface area contributed by atoms with Crippen molar-refractivity contribution in [2.45, 2.75) is 46.7 Å². The molecule has 0 aliphatic heterocycles. The second kappa shape index (κ2) is 5.44. The minimum atomic E-state index is -0.126. The Balaban J connectivity index is 2.60. The zero-order chi connectivity index (χ0) is 12.2. The van der Waals surface area contributed by atoms with E-state index in [0.29, 0.717) is 12.6 Å². The number of nitrogens with one attached hydrogen (secondary N) is 1. The van der Waals surface area contributed by atoms with Crippen LogP contribution in [0, 0.1) is 11.2 Å². The minimum Gasteiger partial charge on any atom is -0.309 e. The molecule has 0 radical (unpaired) electrons. The summed E-state index contributed by atoms with van der Waals surface area (Å²) in [4.78, 5) is 0. The quantitative estimate of drug-likeness (QED) is 0.820. The zero-order valence-electron chi connectivity index (χ0n) is 10.7. The van der Waals surface area contributed by atoms with Gasteiger partial charge in [-0.1, -0.05) is 45.9 Å². The molecule has 1 nitrogen and oxygen atoms in total. The molecule has 0 aromatic heterocycles. The Morgan fingerprint density at radius 3 is 2.38 bits per heavy atom. The number of benzene rings is 1. The van der Waals surface area contributed by atoms with Crippen molar-refractivity contribution < 1.29 is 4.39 Å². The highest BCUT2D eigenvalue weighted by molar-refractivity contribution is 5.17. The molecule has 0 bridgehead atoms. The standard InChI is InChI=1S/C14H22FN/c1-5-13(14(2,3)4)16-10-11-8-6-7-9-12(11)15/h6-9,13,16H,5,10H2,1-4H3. The number of rotatable bonds is 4. The van der Waals surface area contributed by atoms with Gasteiger partial charge in [0, 0.05) is 18.2 Å². The Bertz CT molecular complexity index is 328. The van der Waals surface area contributed by atoms with Crippen LogP contribution in [-0.2, 0) is 6.54 Å². The van der Waals surface area contributed by atoms with Crippen molar-refractivity contribution in [1.29, 1.82) is 0 Å². The van der Waals surface area contributed by atoms with Crippen molar-refractivity contribution in [3.05, 3.63) is 35.6 Å². The van der Waals surface area contributed by atoms with Crippen molar-refractivity contribution in [3.8, 4) is 0 Å². The van der Waals surface area contributed by atoms with Gasteiger partial charge in [-0.25, -0.2) is 4.39 Å². The molecule has 2 heteroatoms. The highest BCUT2D eigenvalue weighted by Gasteiger charge is 2.22. The summed E-state index contributed by atoms with van der Waals surface area (Å²) in [5.41, 5.74) is 0.949. The van der Waals surface area contributed by atoms with E-state index in [-0.39, 0.29) is 11.2 Å². The third-order valence-corrected chi connectivity index (χ3v) is 2.95. The van der Waals surface area contributed by atoms with Gasteiger partial charge in [0.05, 0.1) is 0 Å². The Hall–Kier alpha value is -0.890. The molecule has 0 amide bonds. The predicted octanol–water partition coefficient (Wildman–Crippen LogP) is 3.74. The molecule has 1 atom stereocenters. The maximum Gasteiger partial charge on any atom is 0.127 e. The monoisotopic (exact) mass is 223 g/mol. The second-order valence-electron chi connectivity index (χ2n) is 5.30. The number of halogens is 1. The van der Waals surface area contributed by atoms with E-state index in [9.17, 15) is 4.39 Å². The van der Waals surface area contributed by atoms with Crippen molar-refractivity contribution in [1.82, 2.24) is 5.32 Å². The molecular weight excluding hydrogens is 201 g/mol. The van der Waals surface area contributed by atoms with Gasteiger partial charge < -0.3 is 5.32 Å². The van der Waals surface area contributed by atoms with Crippen LogP contribution in [0.2, 0.25) is 0 Å². The fourth-order valence-corrected chi connectivity index (χ4v) is 1.94. The summed E-state index contributed by atoms with van der Waals surface area (Å²) in [6, 6.07) is 7.34. The van der Waals surface area contributed by atoms with E-state index in [1.165, 1.54) is 6.07 Å². The second-order valence-corrected chi connectivity index (χ2v) is 5.30. The summed E-state index contributed by atoms with van der Waals surface area (Å²) in [6.07, 6.45) is 1.05. The minimum absolute atomic E-state index is 0.126. The summed E-state index contributed by atoms with van der Waals surface area (Å²) in [7, 11) is 0. The SMILES string of the molecule is CCC(NCc1ccccc1F)C(C)(C)C. The zero-order valence-corrected chi connectivity index (χ0v) is 10.7. The molecule has 16 heavy (non-hydrogen) atoms. The Morgan fingerprint density at radius 1 is 1.25 bits per heavy atom. The average molecular weight is 223 g/mol. The molecule has 0 heterocycles. The summed E-state index contributed by atoms with van der Waals surface area (Å²) >= 11 is 0. The lowest BCUT2D eigenvalue weighted by molar-refractivity contribution is 0.259. The Morgan fingerprint density at radius 2 is 1.88 bits per heavy atom. The fraction of sp³-hybridized carbons (Fsp3) is 0.571. The molecule has 1 rings (SSSR count). The fourth-order valence-electron chi connectivity index (χ4n) is 1.94. The molecule has 1 N–H and O–H groups in total. The van der Waals surface area contributed by atoms with Gasteiger partial charge in [0.2, 0.25) is 0 Å². The molecule has 90 valence electrons. The van der Waals surface area contributed by atoms with Gasteiger partial charge in [0.25, 0.3) is 0 Å². The van der Waals surface area contributed by atoms with Crippen molar-refractivity contribution in [2.24, 2.45) is 5.41 Å². The first-order valence-electron chi connectivity index (χ1n) is 5.92. The summed E-state index contributed by atoms with van der Waals surface area (Å²) < 4.78 is 13.4. The van der Waals surface area contributed by atoms with Crippen LogP contribution in [0.15, 0.2) is 24.3 Å². The van der Waals surface area contributed by atoms with Gasteiger partial charge in [0.15, 0.2) is 0 Å². The van der Waals surface area contributed by atoms with E-state index in [1.807, 2.05) is 12.1 Å². The van der Waals surface area contributed by atoms with Crippen LogP contribution < -0.4 is 5.32 Å². The summed E-state index contributed by atoms with van der Waals surface area (Å²) in [5.74, 6) is -0.126. The molecule has 0 fully saturated rings. The number of hydrogen-bond donors (Lipinski definition) is 1. The lowest BCUT2D eigenvalue weighted by Gasteiger charge is -2.31. The van der Waals surface area contributed by atoms with E-state index >= 15 is 0 Å². The van der Waals surface area contributed by atoms with E-state index in [0.717, 1.165) is 12.0 Å². The Kier molecular flexibility index (Phi) is 4.48. The highest BCUT2D eigenvalue weighted by Crippen LogP contribution is 2.22. The molecule has 0 aliphatic carbocycles. The Labute approximate surface area is 98.1 Å². The van der Waals surface area contributed by atoms with Crippen LogP contribution in [0.4, 0.5) is 4.39 Å². The first-order chi connectivity index (χ1) is 7.45. The van der Waals surface area contributed by atoms with Crippen LogP contribution in [0.25, 0.3) is 0 Å². The predicted molar refractivity (Wildman–Crippen MR) is 66.8 cm³/mol. The van der Waals surface area contributed by atoms with Crippen molar-refractivity contribution in [3.63, 3.8) is 0 Å². The third-order valence-electron chi connectivity index (χ3n) is 2.95. The first-order valence-corrected chi connectivity index (χ1v) is 5.92. The lowest BCUT2D eigenvalue weighted by atomic mass is 9.85. The largest absolute Gasteiger partial charge is 0.309 e. The van der Waals surface area contributed by atoms with Gasteiger partial charge in [-0.05, 0) is 17.9 Å². The van der Waals surface area contributed by atoms with Crippen LogP contribution in [0.1, 0.15) is 39.7 Å². The van der Waals surface area contributed by atoms with Crippen molar-refractivity contribution >= 4 is 0 Å². The molecule has 1 aromatic carbocycles. The molecular formula is C14H22FN. The van der Waals surface area contributed by atoms with Gasteiger partial charge in [0.1, 0.15) is 5.82 Å².